The average molecular weight is 554 g/mol. The van der Waals surface area contributed by atoms with Gasteiger partial charge in [0, 0.05) is 48.4 Å². The Bertz CT molecular complexity index is 1320. The molecule has 1 aliphatic rings. The van der Waals surface area contributed by atoms with Crippen LogP contribution in [0.4, 0.5) is 26.3 Å². The van der Waals surface area contributed by atoms with Gasteiger partial charge in [0.1, 0.15) is 0 Å². The van der Waals surface area contributed by atoms with Crippen molar-refractivity contribution in [1.82, 2.24) is 19.6 Å². The topological polar surface area (TPSA) is 84.1 Å². The van der Waals surface area contributed by atoms with E-state index >= 15 is 0 Å². The Hall–Kier alpha value is -3.42. The van der Waals surface area contributed by atoms with Gasteiger partial charge >= 0.3 is 12.4 Å². The summed E-state index contributed by atoms with van der Waals surface area (Å²) in [6, 6.07) is 9.56. The lowest BCUT2D eigenvalue weighted by Gasteiger charge is -2.26. The fourth-order valence-corrected chi connectivity index (χ4v) is 4.71. The summed E-state index contributed by atoms with van der Waals surface area (Å²) in [5.74, 6) is -1.16. The second-order valence-corrected chi connectivity index (χ2v) is 9.49. The molecule has 1 saturated heterocycles. The number of benzene rings is 2. The third kappa shape index (κ3) is 6.91. The van der Waals surface area contributed by atoms with Crippen LogP contribution in [0.3, 0.4) is 0 Å². The van der Waals surface area contributed by atoms with Gasteiger partial charge in [-0.2, -0.15) is 26.3 Å². The van der Waals surface area contributed by atoms with Crippen molar-refractivity contribution < 1.29 is 31.1 Å². The molecule has 200 valence electrons. The number of halogens is 6. The maximum Gasteiger partial charge on any atom is 0.416 e. The molecule has 1 fully saturated rings. The number of hydrogen-bond donors (Lipinski definition) is 2. The van der Waals surface area contributed by atoms with Crippen LogP contribution in [-0.2, 0) is 17.1 Å². The molecule has 2 aromatic carbocycles. The molecule has 6 nitrogen and oxygen atoms in total. The van der Waals surface area contributed by atoms with E-state index in [2.05, 4.69) is 19.6 Å². The number of aromatic nitrogens is 2. The summed E-state index contributed by atoms with van der Waals surface area (Å²) in [5, 5.41) is 3.26. The van der Waals surface area contributed by atoms with Crippen LogP contribution in [0.15, 0.2) is 59.6 Å². The first-order valence-electron chi connectivity index (χ1n) is 11.3. The van der Waals surface area contributed by atoms with Crippen molar-refractivity contribution in [1.29, 1.82) is 0 Å². The van der Waals surface area contributed by atoms with Crippen molar-refractivity contribution in [3.63, 3.8) is 0 Å². The normalized spacial score (nSPS) is 15.5. The van der Waals surface area contributed by atoms with Crippen LogP contribution in [0, 0.1) is 0 Å². The van der Waals surface area contributed by atoms with Crippen molar-refractivity contribution in [3.8, 4) is 11.4 Å². The average Bonchev–Trinajstić information content (AvgIpc) is 2.87. The maximum absolute atomic E-state index is 13.3. The van der Waals surface area contributed by atoms with Gasteiger partial charge in [-0.05, 0) is 60.0 Å². The highest BCUT2D eigenvalue weighted by atomic mass is 32.2. The summed E-state index contributed by atoms with van der Waals surface area (Å²) in [4.78, 5) is 21.1. The molecule has 1 aromatic heterocycles. The summed E-state index contributed by atoms with van der Waals surface area (Å²) in [6.07, 6.45) is -7.53. The fraction of sp³-hybridized carbons (Fsp3) is 0.240. The van der Waals surface area contributed by atoms with Gasteiger partial charge in [-0.1, -0.05) is 12.1 Å². The fourth-order valence-electron chi connectivity index (χ4n) is 3.73. The zero-order valence-electron chi connectivity index (χ0n) is 19.6. The standard InChI is InChI=1S/C25H21F6N5OS/c26-24(27,28)17-10-16(11-18(13-17)25(29,30)31)23-34-5-4-19(35-23)14-21(22(32)37)15-2-1-3-20(12-15)38-36-8-6-33-7-9-36/h1-5,10-14,33H,6-9H2,(H2,32,37)/b21-14+. The van der Waals surface area contributed by atoms with E-state index in [9.17, 15) is 31.1 Å². The maximum atomic E-state index is 13.3. The minimum atomic E-state index is -5.01. The number of carbonyl (C=O) groups excluding carboxylic acids is 1. The van der Waals surface area contributed by atoms with Gasteiger partial charge < -0.3 is 11.1 Å². The van der Waals surface area contributed by atoms with Gasteiger partial charge in [0.25, 0.3) is 0 Å². The molecule has 0 radical (unpaired) electrons. The Kier molecular flexibility index (Phi) is 8.09. The monoisotopic (exact) mass is 553 g/mol. The third-order valence-electron chi connectivity index (χ3n) is 5.54. The number of piperazine rings is 1. The van der Waals surface area contributed by atoms with E-state index < -0.39 is 35.0 Å². The largest absolute Gasteiger partial charge is 0.416 e. The Labute approximate surface area is 218 Å². The van der Waals surface area contributed by atoms with E-state index in [1.54, 1.807) is 18.2 Å². The Morgan fingerprint density at radius 3 is 2.24 bits per heavy atom. The van der Waals surface area contributed by atoms with Crippen LogP contribution in [0.25, 0.3) is 23.0 Å². The van der Waals surface area contributed by atoms with Gasteiger partial charge in [0.15, 0.2) is 5.82 Å². The van der Waals surface area contributed by atoms with E-state index in [-0.39, 0.29) is 23.2 Å². The predicted molar refractivity (Wildman–Crippen MR) is 131 cm³/mol. The van der Waals surface area contributed by atoms with Crippen molar-refractivity contribution in [3.05, 3.63) is 77.1 Å². The SMILES string of the molecule is NC(=O)/C(=C/c1ccnc(-c2cc(C(F)(F)F)cc(C(F)(F)F)c2)n1)c1cccc(SN2CCNCC2)c1. The van der Waals surface area contributed by atoms with Crippen LogP contribution in [-0.4, -0.2) is 46.4 Å². The van der Waals surface area contributed by atoms with Gasteiger partial charge in [0.2, 0.25) is 5.91 Å². The molecule has 3 N–H and O–H groups in total. The minimum absolute atomic E-state index is 0.0316. The van der Waals surface area contributed by atoms with Crippen LogP contribution < -0.4 is 11.1 Å². The van der Waals surface area contributed by atoms with Crippen molar-refractivity contribution in [2.45, 2.75) is 17.2 Å². The molecule has 38 heavy (non-hydrogen) atoms. The molecule has 0 unspecified atom stereocenters. The summed E-state index contributed by atoms with van der Waals surface area (Å²) in [7, 11) is 0. The van der Waals surface area contributed by atoms with E-state index in [4.69, 9.17) is 5.73 Å². The summed E-state index contributed by atoms with van der Waals surface area (Å²) in [6.45, 7) is 3.38. The molecular formula is C25H21F6N5OS. The number of nitrogens with zero attached hydrogens (tertiary/aromatic N) is 3. The molecule has 1 aliphatic heterocycles. The van der Waals surface area contributed by atoms with Crippen molar-refractivity contribution in [2.75, 3.05) is 26.2 Å². The lowest BCUT2D eigenvalue weighted by molar-refractivity contribution is -0.143. The number of amides is 1. The highest BCUT2D eigenvalue weighted by molar-refractivity contribution is 7.97. The van der Waals surface area contributed by atoms with Gasteiger partial charge in [-0.25, -0.2) is 14.3 Å². The Morgan fingerprint density at radius 1 is 0.974 bits per heavy atom. The van der Waals surface area contributed by atoms with Gasteiger partial charge in [-0.15, -0.1) is 0 Å². The zero-order chi connectivity index (χ0) is 27.5. The van der Waals surface area contributed by atoms with E-state index in [0.717, 1.165) is 31.1 Å². The van der Waals surface area contributed by atoms with E-state index in [1.807, 2.05) is 6.07 Å². The lowest BCUT2D eigenvalue weighted by atomic mass is 10.0. The zero-order valence-corrected chi connectivity index (χ0v) is 20.4. The summed E-state index contributed by atoms with van der Waals surface area (Å²) < 4.78 is 81.9. The van der Waals surface area contributed by atoms with Crippen LogP contribution >= 0.6 is 11.9 Å². The smallest absolute Gasteiger partial charge is 0.366 e. The third-order valence-corrected chi connectivity index (χ3v) is 6.62. The van der Waals surface area contributed by atoms with Gasteiger partial charge in [0.05, 0.1) is 16.8 Å². The van der Waals surface area contributed by atoms with E-state index in [0.29, 0.717) is 17.7 Å². The second-order valence-electron chi connectivity index (χ2n) is 8.32. The molecule has 0 saturated carbocycles. The minimum Gasteiger partial charge on any atom is -0.366 e. The molecule has 0 atom stereocenters. The molecule has 13 heteroatoms. The second kappa shape index (κ2) is 11.1. The van der Waals surface area contributed by atoms with E-state index in [1.165, 1.54) is 30.3 Å². The van der Waals surface area contributed by atoms with Crippen molar-refractivity contribution in [2.24, 2.45) is 5.73 Å². The molecule has 0 bridgehead atoms. The number of hydrogen-bond acceptors (Lipinski definition) is 6. The molecular weight excluding hydrogens is 532 g/mol. The Balaban J connectivity index is 1.70. The first-order chi connectivity index (χ1) is 17.9. The predicted octanol–water partition coefficient (Wildman–Crippen LogP) is 5.12. The molecule has 3 aromatic rings. The summed E-state index contributed by atoms with van der Waals surface area (Å²) in [5.41, 5.74) is 2.80. The molecule has 4 rings (SSSR count). The molecule has 2 heterocycles. The first kappa shape index (κ1) is 27.6. The van der Waals surface area contributed by atoms with Crippen LogP contribution in [0.2, 0.25) is 0 Å². The highest BCUT2D eigenvalue weighted by Crippen LogP contribution is 2.38. The van der Waals surface area contributed by atoms with Crippen molar-refractivity contribution >= 4 is 29.5 Å². The number of alkyl halides is 6. The molecule has 0 spiro atoms. The quantitative estimate of drug-likeness (QED) is 0.251. The molecule has 0 aliphatic carbocycles. The van der Waals surface area contributed by atoms with Crippen LogP contribution in [0.1, 0.15) is 22.4 Å². The number of carbonyl (C=O) groups is 1. The highest BCUT2D eigenvalue weighted by Gasteiger charge is 2.37. The number of primary amides is 1. The number of rotatable bonds is 6. The summed E-state index contributed by atoms with van der Waals surface area (Å²) >= 11 is 1.52. The van der Waals surface area contributed by atoms with Gasteiger partial charge in [-0.3, -0.25) is 4.79 Å². The first-order valence-corrected chi connectivity index (χ1v) is 12.1. The van der Waals surface area contributed by atoms with Crippen LogP contribution in [0.5, 0.6) is 0 Å². The number of nitrogens with one attached hydrogen (secondary N) is 1. The lowest BCUT2D eigenvalue weighted by Crippen LogP contribution is -2.39. The Morgan fingerprint density at radius 2 is 1.63 bits per heavy atom. The molecule has 1 amide bonds. The number of nitrogens with two attached hydrogens (primary N) is 1.